The van der Waals surface area contributed by atoms with Crippen LogP contribution in [0.5, 0.6) is 0 Å². The Morgan fingerprint density at radius 3 is 2.30 bits per heavy atom. The Balaban J connectivity index is 1.51. The number of rotatable bonds is 4. The third-order valence-corrected chi connectivity index (χ3v) is 7.11. The summed E-state index contributed by atoms with van der Waals surface area (Å²) in [6.07, 6.45) is 4.05. The highest BCUT2D eigenvalue weighted by Crippen LogP contribution is 2.39. The SMILES string of the molecule is CN1CCC(N(C)c2ncnc3scc(-c4ccc(-c5ccccc5)cc4)c23)CC1. The highest BCUT2D eigenvalue weighted by atomic mass is 32.1. The van der Waals surface area contributed by atoms with Crippen LogP contribution in [-0.4, -0.2) is 48.1 Å². The molecule has 152 valence electrons. The van der Waals surface area contributed by atoms with E-state index in [1.165, 1.54) is 40.5 Å². The van der Waals surface area contributed by atoms with Gasteiger partial charge in [0, 0.05) is 24.0 Å². The second kappa shape index (κ2) is 8.17. The summed E-state index contributed by atoms with van der Waals surface area (Å²) in [7, 11) is 4.40. The normalized spacial score (nSPS) is 15.5. The lowest BCUT2D eigenvalue weighted by Crippen LogP contribution is -2.42. The number of anilines is 1. The highest BCUT2D eigenvalue weighted by Gasteiger charge is 2.24. The Labute approximate surface area is 181 Å². The molecule has 0 atom stereocenters. The molecule has 1 aliphatic heterocycles. The Morgan fingerprint density at radius 1 is 0.900 bits per heavy atom. The molecule has 1 fully saturated rings. The fourth-order valence-corrected chi connectivity index (χ4v) is 5.28. The lowest BCUT2D eigenvalue weighted by atomic mass is 10.00. The molecular weight excluding hydrogens is 388 g/mol. The average molecular weight is 415 g/mol. The van der Waals surface area contributed by atoms with Crippen molar-refractivity contribution in [3.05, 3.63) is 66.3 Å². The van der Waals surface area contributed by atoms with E-state index < -0.39 is 0 Å². The molecule has 4 aromatic rings. The zero-order chi connectivity index (χ0) is 20.5. The average Bonchev–Trinajstić information content (AvgIpc) is 3.24. The van der Waals surface area contributed by atoms with Crippen molar-refractivity contribution in [3.8, 4) is 22.3 Å². The van der Waals surface area contributed by atoms with Gasteiger partial charge in [-0.15, -0.1) is 11.3 Å². The van der Waals surface area contributed by atoms with Gasteiger partial charge in [-0.25, -0.2) is 9.97 Å². The number of benzene rings is 2. The second-order valence-electron chi connectivity index (χ2n) is 8.12. The first-order chi connectivity index (χ1) is 14.7. The van der Waals surface area contributed by atoms with Crippen LogP contribution in [0, 0.1) is 0 Å². The molecule has 30 heavy (non-hydrogen) atoms. The molecular formula is C25H26N4S. The maximum absolute atomic E-state index is 4.73. The molecule has 0 saturated carbocycles. The Hall–Kier alpha value is -2.76. The van der Waals surface area contributed by atoms with Crippen molar-refractivity contribution in [3.63, 3.8) is 0 Å². The van der Waals surface area contributed by atoms with Crippen molar-refractivity contribution in [1.82, 2.24) is 14.9 Å². The topological polar surface area (TPSA) is 32.3 Å². The van der Waals surface area contributed by atoms with Crippen LogP contribution in [0.15, 0.2) is 66.3 Å². The van der Waals surface area contributed by atoms with Crippen LogP contribution in [-0.2, 0) is 0 Å². The molecule has 5 rings (SSSR count). The van der Waals surface area contributed by atoms with Gasteiger partial charge in [-0.3, -0.25) is 0 Å². The Kier molecular flexibility index (Phi) is 5.23. The molecule has 0 radical (unpaired) electrons. The summed E-state index contributed by atoms with van der Waals surface area (Å²) in [4.78, 5) is 15.1. The lowest BCUT2D eigenvalue weighted by molar-refractivity contribution is 0.252. The minimum absolute atomic E-state index is 0.521. The molecule has 0 spiro atoms. The van der Waals surface area contributed by atoms with Gasteiger partial charge >= 0.3 is 0 Å². The minimum atomic E-state index is 0.521. The van der Waals surface area contributed by atoms with Crippen molar-refractivity contribution >= 4 is 27.4 Å². The standard InChI is InChI=1S/C25H26N4S/c1-28-14-12-21(13-15-28)29(2)24-23-22(16-30-25(23)27-17-26-24)20-10-8-19(9-11-20)18-6-4-3-5-7-18/h3-11,16-17,21H,12-15H2,1-2H3. The Bertz CT molecular complexity index is 1130. The molecule has 1 saturated heterocycles. The maximum Gasteiger partial charge on any atom is 0.141 e. The molecule has 5 heteroatoms. The van der Waals surface area contributed by atoms with E-state index >= 15 is 0 Å². The first-order valence-corrected chi connectivity index (χ1v) is 11.4. The number of likely N-dealkylation sites (tertiary alicyclic amines) is 1. The number of thiophene rings is 1. The second-order valence-corrected chi connectivity index (χ2v) is 8.97. The molecule has 0 amide bonds. The fourth-order valence-electron chi connectivity index (χ4n) is 4.37. The Morgan fingerprint density at radius 2 is 1.57 bits per heavy atom. The molecule has 4 nitrogen and oxygen atoms in total. The van der Waals surface area contributed by atoms with Crippen molar-refractivity contribution < 1.29 is 0 Å². The predicted octanol–water partition coefficient (Wildman–Crippen LogP) is 5.56. The van der Waals surface area contributed by atoms with Gasteiger partial charge in [0.25, 0.3) is 0 Å². The summed E-state index contributed by atoms with van der Waals surface area (Å²) >= 11 is 1.70. The van der Waals surface area contributed by atoms with Gasteiger partial charge < -0.3 is 9.80 Å². The van der Waals surface area contributed by atoms with Crippen LogP contribution < -0.4 is 4.90 Å². The summed E-state index contributed by atoms with van der Waals surface area (Å²) in [5.74, 6) is 1.05. The third kappa shape index (κ3) is 3.59. The molecule has 0 unspecified atom stereocenters. The van der Waals surface area contributed by atoms with Crippen LogP contribution >= 0.6 is 11.3 Å². The van der Waals surface area contributed by atoms with Crippen LogP contribution in [0.25, 0.3) is 32.5 Å². The van der Waals surface area contributed by atoms with E-state index in [-0.39, 0.29) is 0 Å². The van der Waals surface area contributed by atoms with Gasteiger partial charge in [0.2, 0.25) is 0 Å². The van der Waals surface area contributed by atoms with Crippen molar-refractivity contribution in [2.24, 2.45) is 0 Å². The molecule has 1 aliphatic rings. The van der Waals surface area contributed by atoms with E-state index in [0.717, 1.165) is 23.7 Å². The lowest BCUT2D eigenvalue weighted by Gasteiger charge is -2.36. The van der Waals surface area contributed by atoms with Gasteiger partial charge in [-0.05, 0) is 49.7 Å². The van der Waals surface area contributed by atoms with E-state index in [1.54, 1.807) is 17.7 Å². The summed E-state index contributed by atoms with van der Waals surface area (Å²) in [5, 5.41) is 3.40. The maximum atomic E-state index is 4.73. The summed E-state index contributed by atoms with van der Waals surface area (Å²) < 4.78 is 0. The number of fused-ring (bicyclic) bond motifs is 1. The van der Waals surface area contributed by atoms with Gasteiger partial charge in [0.15, 0.2) is 0 Å². The molecule has 3 heterocycles. The minimum Gasteiger partial charge on any atom is -0.356 e. The van der Waals surface area contributed by atoms with Crippen LogP contribution in [0.4, 0.5) is 5.82 Å². The predicted molar refractivity (Wildman–Crippen MR) is 127 cm³/mol. The van der Waals surface area contributed by atoms with Gasteiger partial charge in [0.1, 0.15) is 17.0 Å². The zero-order valence-electron chi connectivity index (χ0n) is 17.5. The third-order valence-electron chi connectivity index (χ3n) is 6.22. The smallest absolute Gasteiger partial charge is 0.141 e. The van der Waals surface area contributed by atoms with E-state index in [4.69, 9.17) is 4.98 Å². The van der Waals surface area contributed by atoms with Crippen molar-refractivity contribution in [2.75, 3.05) is 32.1 Å². The summed E-state index contributed by atoms with van der Waals surface area (Å²) in [6.45, 7) is 2.28. The van der Waals surface area contributed by atoms with Crippen molar-refractivity contribution in [2.45, 2.75) is 18.9 Å². The van der Waals surface area contributed by atoms with Gasteiger partial charge in [-0.2, -0.15) is 0 Å². The first kappa shape index (κ1) is 19.2. The molecule has 0 aliphatic carbocycles. The van der Waals surface area contributed by atoms with Crippen LogP contribution in [0.3, 0.4) is 0 Å². The molecule has 0 N–H and O–H groups in total. The van der Waals surface area contributed by atoms with Crippen LogP contribution in [0.1, 0.15) is 12.8 Å². The largest absolute Gasteiger partial charge is 0.356 e. The monoisotopic (exact) mass is 414 g/mol. The molecule has 0 bridgehead atoms. The number of piperidine rings is 1. The quantitative estimate of drug-likeness (QED) is 0.438. The number of nitrogens with zero attached hydrogens (tertiary/aromatic N) is 4. The highest BCUT2D eigenvalue weighted by molar-refractivity contribution is 7.17. The fraction of sp³-hybridized carbons (Fsp3) is 0.280. The van der Waals surface area contributed by atoms with E-state index in [0.29, 0.717) is 6.04 Å². The number of hydrogen-bond donors (Lipinski definition) is 0. The molecule has 2 aromatic heterocycles. The van der Waals surface area contributed by atoms with Crippen molar-refractivity contribution in [1.29, 1.82) is 0 Å². The summed E-state index contributed by atoms with van der Waals surface area (Å²) in [6, 6.07) is 19.9. The van der Waals surface area contributed by atoms with Gasteiger partial charge in [-0.1, -0.05) is 54.6 Å². The van der Waals surface area contributed by atoms with E-state index in [2.05, 4.69) is 88.9 Å². The molecule has 2 aromatic carbocycles. The first-order valence-electron chi connectivity index (χ1n) is 10.5. The van der Waals surface area contributed by atoms with E-state index in [1.807, 2.05) is 0 Å². The zero-order valence-corrected chi connectivity index (χ0v) is 18.3. The number of hydrogen-bond acceptors (Lipinski definition) is 5. The summed E-state index contributed by atoms with van der Waals surface area (Å²) in [5.41, 5.74) is 4.92. The van der Waals surface area contributed by atoms with E-state index in [9.17, 15) is 0 Å². The van der Waals surface area contributed by atoms with Crippen LogP contribution in [0.2, 0.25) is 0 Å². The van der Waals surface area contributed by atoms with Gasteiger partial charge in [0.05, 0.1) is 5.39 Å². The number of aromatic nitrogens is 2.